The predicted molar refractivity (Wildman–Crippen MR) is 103 cm³/mol. The molecule has 138 valence electrons. The second-order valence-electron chi connectivity index (χ2n) is 7.88. The summed E-state index contributed by atoms with van der Waals surface area (Å²) >= 11 is 0. The number of ether oxygens (including phenoxy) is 1. The second kappa shape index (κ2) is 8.09. The van der Waals surface area contributed by atoms with Gasteiger partial charge in [-0.15, -0.1) is 0 Å². The van der Waals surface area contributed by atoms with Crippen molar-refractivity contribution in [3.05, 3.63) is 46.6 Å². The van der Waals surface area contributed by atoms with Crippen LogP contribution in [0.5, 0.6) is 11.5 Å². The molecule has 0 amide bonds. The van der Waals surface area contributed by atoms with Crippen molar-refractivity contribution in [3.8, 4) is 11.5 Å². The summed E-state index contributed by atoms with van der Waals surface area (Å²) in [7, 11) is 0. The molecule has 2 rings (SSSR count). The molecule has 2 N–H and O–H groups in total. The molecule has 1 aliphatic heterocycles. The lowest BCUT2D eigenvalue weighted by molar-refractivity contribution is -0.00759. The Morgan fingerprint density at radius 3 is 2.64 bits per heavy atom. The molecule has 0 saturated carbocycles. The van der Waals surface area contributed by atoms with E-state index in [-0.39, 0.29) is 5.75 Å². The molecule has 1 aromatic rings. The Morgan fingerprint density at radius 2 is 1.96 bits per heavy atom. The Morgan fingerprint density at radius 1 is 1.24 bits per heavy atom. The van der Waals surface area contributed by atoms with Gasteiger partial charge in [-0.3, -0.25) is 0 Å². The monoisotopic (exact) mass is 344 g/mol. The van der Waals surface area contributed by atoms with Crippen molar-refractivity contribution in [2.24, 2.45) is 0 Å². The van der Waals surface area contributed by atoms with Crippen molar-refractivity contribution in [1.29, 1.82) is 0 Å². The first-order valence-electron chi connectivity index (χ1n) is 9.20. The zero-order chi connectivity index (χ0) is 18.6. The lowest BCUT2D eigenvalue weighted by atomic mass is 9.86. The first-order chi connectivity index (χ1) is 11.7. The number of hydrogen-bond acceptors (Lipinski definition) is 3. The van der Waals surface area contributed by atoms with Gasteiger partial charge in [0.05, 0.1) is 11.7 Å². The highest BCUT2D eigenvalue weighted by Gasteiger charge is 2.37. The van der Waals surface area contributed by atoms with E-state index < -0.39 is 11.7 Å². The summed E-state index contributed by atoms with van der Waals surface area (Å²) in [5.74, 6) is 0.738. The van der Waals surface area contributed by atoms with Crippen molar-refractivity contribution < 1.29 is 14.9 Å². The Bertz CT molecular complexity index is 668. The SMILES string of the molecule is CC(C)=CCC/C(C)=C/CC[C@@]1(C)C[C@H](O)c2c(O)cc(C)cc2O1. The molecule has 0 radical (unpaired) electrons. The summed E-state index contributed by atoms with van der Waals surface area (Å²) in [4.78, 5) is 0. The van der Waals surface area contributed by atoms with E-state index in [2.05, 4.69) is 32.9 Å². The average molecular weight is 344 g/mol. The third-order valence-electron chi connectivity index (χ3n) is 4.84. The van der Waals surface area contributed by atoms with E-state index >= 15 is 0 Å². The first kappa shape index (κ1) is 19.6. The van der Waals surface area contributed by atoms with Gasteiger partial charge in [-0.2, -0.15) is 0 Å². The molecular weight excluding hydrogens is 312 g/mol. The number of aryl methyl sites for hydroxylation is 1. The van der Waals surface area contributed by atoms with Gasteiger partial charge >= 0.3 is 0 Å². The molecule has 0 unspecified atom stereocenters. The highest BCUT2D eigenvalue weighted by Crippen LogP contribution is 2.45. The number of aromatic hydroxyl groups is 1. The van der Waals surface area contributed by atoms with E-state index in [1.807, 2.05) is 19.9 Å². The largest absolute Gasteiger partial charge is 0.507 e. The fourth-order valence-corrected chi connectivity index (χ4v) is 3.45. The zero-order valence-corrected chi connectivity index (χ0v) is 16.2. The topological polar surface area (TPSA) is 49.7 Å². The van der Waals surface area contributed by atoms with Gasteiger partial charge < -0.3 is 14.9 Å². The Balaban J connectivity index is 1.99. The van der Waals surface area contributed by atoms with Crippen LogP contribution >= 0.6 is 0 Å². The van der Waals surface area contributed by atoms with Crippen LogP contribution in [0, 0.1) is 6.92 Å². The van der Waals surface area contributed by atoms with Gasteiger partial charge in [0.25, 0.3) is 0 Å². The number of rotatable bonds is 6. The molecule has 25 heavy (non-hydrogen) atoms. The molecule has 0 saturated heterocycles. The Kier molecular flexibility index (Phi) is 6.34. The molecule has 1 aliphatic rings. The quantitative estimate of drug-likeness (QED) is 0.646. The molecule has 2 atom stereocenters. The number of aliphatic hydroxyl groups excluding tert-OH is 1. The van der Waals surface area contributed by atoms with Crippen LogP contribution in [0.1, 0.15) is 77.0 Å². The second-order valence-corrected chi connectivity index (χ2v) is 7.88. The van der Waals surface area contributed by atoms with Gasteiger partial charge in [0, 0.05) is 6.42 Å². The average Bonchev–Trinajstić information content (AvgIpc) is 2.44. The summed E-state index contributed by atoms with van der Waals surface area (Å²) in [5, 5.41) is 20.6. The summed E-state index contributed by atoms with van der Waals surface area (Å²) in [6.45, 7) is 10.4. The lowest BCUT2D eigenvalue weighted by Crippen LogP contribution is -2.38. The fraction of sp³-hybridized carbons (Fsp3) is 0.545. The van der Waals surface area contributed by atoms with Gasteiger partial charge in [-0.25, -0.2) is 0 Å². The lowest BCUT2D eigenvalue weighted by Gasteiger charge is -2.38. The Hall–Kier alpha value is -1.74. The van der Waals surface area contributed by atoms with Crippen LogP contribution in [-0.4, -0.2) is 15.8 Å². The third-order valence-corrected chi connectivity index (χ3v) is 4.84. The van der Waals surface area contributed by atoms with E-state index in [0.29, 0.717) is 17.7 Å². The van der Waals surface area contributed by atoms with Crippen molar-refractivity contribution in [1.82, 2.24) is 0 Å². The normalized spacial score (nSPS) is 23.0. The molecule has 0 aliphatic carbocycles. The number of fused-ring (bicyclic) bond motifs is 1. The van der Waals surface area contributed by atoms with Crippen LogP contribution in [0.2, 0.25) is 0 Å². The van der Waals surface area contributed by atoms with E-state index in [9.17, 15) is 10.2 Å². The van der Waals surface area contributed by atoms with Crippen molar-refractivity contribution in [2.45, 2.75) is 78.4 Å². The molecule has 3 nitrogen and oxygen atoms in total. The molecular formula is C22H32O3. The molecule has 0 fully saturated rings. The molecule has 1 heterocycles. The minimum absolute atomic E-state index is 0.125. The highest BCUT2D eigenvalue weighted by atomic mass is 16.5. The van der Waals surface area contributed by atoms with Crippen LogP contribution in [0.15, 0.2) is 35.4 Å². The molecule has 3 heteroatoms. The first-order valence-corrected chi connectivity index (χ1v) is 9.20. The third kappa shape index (κ3) is 5.37. The van der Waals surface area contributed by atoms with Gasteiger partial charge in [-0.05, 0) is 78.0 Å². The zero-order valence-electron chi connectivity index (χ0n) is 16.2. The fourth-order valence-electron chi connectivity index (χ4n) is 3.45. The van der Waals surface area contributed by atoms with E-state index in [1.165, 1.54) is 11.1 Å². The summed E-state index contributed by atoms with van der Waals surface area (Å²) in [5.41, 5.74) is 3.80. The number of aliphatic hydroxyl groups is 1. The molecule has 0 spiro atoms. The van der Waals surface area contributed by atoms with Gasteiger partial charge in [-0.1, -0.05) is 23.3 Å². The van der Waals surface area contributed by atoms with E-state index in [1.54, 1.807) is 6.07 Å². The number of hydrogen-bond donors (Lipinski definition) is 2. The van der Waals surface area contributed by atoms with Crippen LogP contribution in [-0.2, 0) is 0 Å². The van der Waals surface area contributed by atoms with Crippen molar-refractivity contribution in [2.75, 3.05) is 0 Å². The van der Waals surface area contributed by atoms with Gasteiger partial charge in [0.1, 0.15) is 17.1 Å². The van der Waals surface area contributed by atoms with Gasteiger partial charge in [0.15, 0.2) is 0 Å². The maximum atomic E-state index is 10.5. The van der Waals surface area contributed by atoms with E-state index in [4.69, 9.17) is 4.74 Å². The van der Waals surface area contributed by atoms with Crippen LogP contribution in [0.4, 0.5) is 0 Å². The van der Waals surface area contributed by atoms with E-state index in [0.717, 1.165) is 31.2 Å². The summed E-state index contributed by atoms with van der Waals surface area (Å²) in [6, 6.07) is 3.57. The maximum Gasteiger partial charge on any atom is 0.129 e. The number of allylic oxidation sites excluding steroid dienone is 4. The number of phenolic OH excluding ortho intramolecular Hbond substituents is 1. The smallest absolute Gasteiger partial charge is 0.129 e. The minimum Gasteiger partial charge on any atom is -0.507 e. The number of benzene rings is 1. The van der Waals surface area contributed by atoms with Crippen LogP contribution in [0.3, 0.4) is 0 Å². The highest BCUT2D eigenvalue weighted by molar-refractivity contribution is 5.50. The van der Waals surface area contributed by atoms with Crippen LogP contribution in [0.25, 0.3) is 0 Å². The van der Waals surface area contributed by atoms with Crippen molar-refractivity contribution >= 4 is 0 Å². The Labute approximate surface area is 152 Å². The maximum absolute atomic E-state index is 10.5. The molecule has 1 aromatic carbocycles. The van der Waals surface area contributed by atoms with Crippen molar-refractivity contribution in [3.63, 3.8) is 0 Å². The molecule has 0 bridgehead atoms. The predicted octanol–water partition coefficient (Wildman–Crippen LogP) is 5.75. The van der Waals surface area contributed by atoms with Gasteiger partial charge in [0.2, 0.25) is 0 Å². The molecule has 0 aromatic heterocycles. The standard InChI is InChI=1S/C22H32O3/c1-15(2)8-6-9-16(3)10-7-11-22(5)14-19(24)21-18(23)12-17(4)13-20(21)25-22/h8,10,12-13,19,23-24H,6-7,9,11,14H2,1-5H3/b16-10+/t19-,22-/m0/s1. The summed E-state index contributed by atoms with van der Waals surface area (Å²) in [6.07, 6.45) is 8.31. The van der Waals surface area contributed by atoms with Crippen LogP contribution < -0.4 is 4.74 Å². The minimum atomic E-state index is -0.683. The number of phenols is 1. The summed E-state index contributed by atoms with van der Waals surface area (Å²) < 4.78 is 6.19.